The highest BCUT2D eigenvalue weighted by Crippen LogP contribution is 2.25. The molecule has 1 amide bonds. The molecule has 2 rings (SSSR count). The van der Waals surface area contributed by atoms with E-state index in [4.69, 9.17) is 4.74 Å². The molecule has 2 atom stereocenters. The third kappa shape index (κ3) is 6.02. The molecule has 0 saturated carbocycles. The van der Waals surface area contributed by atoms with E-state index in [0.29, 0.717) is 5.69 Å². The number of aromatic hydroxyl groups is 1. The fourth-order valence-corrected chi connectivity index (χ4v) is 2.27. The van der Waals surface area contributed by atoms with Crippen molar-refractivity contribution in [3.05, 3.63) is 41.9 Å². The summed E-state index contributed by atoms with van der Waals surface area (Å²) in [6, 6.07) is 3.88. The Balaban J connectivity index is 2.10. The number of carbonyl (C=O) groups excluding carboxylic acids is 1. The topological polar surface area (TPSA) is 93.6 Å². The second-order valence-electron chi connectivity index (χ2n) is 5.28. The number of phenolic OH excluding ortho intramolecular Hbond substituents is 1. The number of alkyl halides is 3. The normalized spacial score (nSPS) is 13.3. The highest BCUT2D eigenvalue weighted by Gasteiger charge is 2.21. The van der Waals surface area contributed by atoms with Crippen LogP contribution in [0.2, 0.25) is 0 Å². The fourth-order valence-electron chi connectivity index (χ4n) is 1.91. The number of nitrogens with zero attached hydrogens (tertiary/aromatic N) is 2. The number of aromatic nitrogens is 2. The maximum Gasteiger partial charge on any atom is 0.346 e. The predicted octanol–water partition coefficient (Wildman–Crippen LogP) is 3.51. The van der Waals surface area contributed by atoms with Crippen LogP contribution in [0.25, 0.3) is 0 Å². The van der Waals surface area contributed by atoms with Crippen LogP contribution >= 0.6 is 22.6 Å². The first kappa shape index (κ1) is 20.2. The average molecular weight is 479 g/mol. The van der Waals surface area contributed by atoms with E-state index in [0.717, 1.165) is 0 Å². The number of hydrogen-bond donors (Lipinski definition) is 2. The van der Waals surface area contributed by atoms with Gasteiger partial charge in [-0.25, -0.2) is 4.98 Å². The molecule has 2 aromatic rings. The van der Waals surface area contributed by atoms with Gasteiger partial charge in [0, 0.05) is 11.6 Å². The average Bonchev–Trinajstić information content (AvgIpc) is 2.55. The van der Waals surface area contributed by atoms with Gasteiger partial charge in [-0.1, -0.05) is 0 Å². The number of aryl methyl sites for hydroxylation is 1. The molecule has 0 bridgehead atoms. The largest absolute Gasteiger partial charge is 0.508 e. The Kier molecular flexibility index (Phi) is 7.03. The number of benzene rings is 1. The molecule has 0 aliphatic rings. The summed E-state index contributed by atoms with van der Waals surface area (Å²) in [5.74, 6) is -0.365. The summed E-state index contributed by atoms with van der Waals surface area (Å²) in [4.78, 5) is 20.3. The molecule has 26 heavy (non-hydrogen) atoms. The molecule has 7 nitrogen and oxygen atoms in total. The summed E-state index contributed by atoms with van der Waals surface area (Å²) in [6.45, 7) is 0.367. The summed E-state index contributed by atoms with van der Waals surface area (Å²) in [5.41, 5.74) is 0.804. The van der Waals surface area contributed by atoms with E-state index < -0.39 is 22.7 Å². The van der Waals surface area contributed by atoms with Crippen molar-refractivity contribution in [2.24, 2.45) is 0 Å². The molecule has 0 aliphatic carbocycles. The summed E-state index contributed by atoms with van der Waals surface area (Å²) in [7, 11) is 0. The van der Waals surface area contributed by atoms with Crippen molar-refractivity contribution in [3.63, 3.8) is 0 Å². The minimum absolute atomic E-state index is 0.106. The van der Waals surface area contributed by atoms with Crippen molar-refractivity contribution in [2.75, 3.05) is 5.32 Å². The standard InChI is InChI=1S/C16H16F2IN3O4/c1-8-6-21-13(7-20-8)22-15(24)10-3-11(23)5-12(4-10)25-9(2)14(19)26-16(17)18/h3-7,9,14,16,23H,1-2H3,(H,21,22,24)/t9-,14?/m0/s1. The van der Waals surface area contributed by atoms with Gasteiger partial charge in [0.1, 0.15) is 17.6 Å². The van der Waals surface area contributed by atoms with E-state index in [2.05, 4.69) is 20.0 Å². The summed E-state index contributed by atoms with van der Waals surface area (Å²) < 4.78 is 33.4. The first-order valence-electron chi connectivity index (χ1n) is 7.43. The lowest BCUT2D eigenvalue weighted by molar-refractivity contribution is -0.149. The Morgan fingerprint density at radius 1 is 1.27 bits per heavy atom. The van der Waals surface area contributed by atoms with Gasteiger partial charge in [0.15, 0.2) is 9.93 Å². The van der Waals surface area contributed by atoms with E-state index >= 15 is 0 Å². The van der Waals surface area contributed by atoms with E-state index in [1.807, 2.05) is 0 Å². The lowest BCUT2D eigenvalue weighted by Gasteiger charge is -2.20. The molecule has 1 aromatic heterocycles. The van der Waals surface area contributed by atoms with Crippen LogP contribution in [0.5, 0.6) is 11.5 Å². The smallest absolute Gasteiger partial charge is 0.346 e. The molecule has 2 N–H and O–H groups in total. The summed E-state index contributed by atoms with van der Waals surface area (Å²) in [5, 5.41) is 12.3. The van der Waals surface area contributed by atoms with Gasteiger partial charge in [-0.15, -0.1) is 0 Å². The molecule has 0 aliphatic heterocycles. The molecular formula is C16H16F2IN3O4. The fraction of sp³-hybridized carbons (Fsp3) is 0.312. The summed E-state index contributed by atoms with van der Waals surface area (Å²) in [6.07, 6.45) is 2.15. The minimum atomic E-state index is -2.93. The lowest BCUT2D eigenvalue weighted by atomic mass is 10.2. The van der Waals surface area contributed by atoms with E-state index in [1.165, 1.54) is 37.5 Å². The number of halogens is 3. The molecule has 140 valence electrons. The van der Waals surface area contributed by atoms with E-state index in [1.54, 1.807) is 29.5 Å². The minimum Gasteiger partial charge on any atom is -0.508 e. The highest BCUT2D eigenvalue weighted by molar-refractivity contribution is 14.1. The highest BCUT2D eigenvalue weighted by atomic mass is 127. The molecule has 1 aromatic carbocycles. The number of phenols is 1. The number of ether oxygens (including phenoxy) is 2. The first-order chi connectivity index (χ1) is 12.2. The van der Waals surface area contributed by atoms with Crippen LogP contribution in [0, 0.1) is 6.92 Å². The van der Waals surface area contributed by atoms with Gasteiger partial charge in [0.05, 0.1) is 18.1 Å². The van der Waals surface area contributed by atoms with Gasteiger partial charge in [-0.2, -0.15) is 8.78 Å². The molecule has 0 fully saturated rings. The van der Waals surface area contributed by atoms with Crippen LogP contribution < -0.4 is 10.1 Å². The zero-order valence-electron chi connectivity index (χ0n) is 13.8. The zero-order valence-corrected chi connectivity index (χ0v) is 16.0. The summed E-state index contributed by atoms with van der Waals surface area (Å²) >= 11 is 1.67. The van der Waals surface area contributed by atoms with Gasteiger partial charge in [-0.05, 0) is 48.6 Å². The Hall–Kier alpha value is -2.08. The van der Waals surface area contributed by atoms with Gasteiger partial charge in [0.25, 0.3) is 5.91 Å². The number of amides is 1. The van der Waals surface area contributed by atoms with Crippen LogP contribution in [0.4, 0.5) is 14.6 Å². The monoisotopic (exact) mass is 479 g/mol. The number of hydrogen-bond acceptors (Lipinski definition) is 6. The third-order valence-corrected chi connectivity index (χ3v) is 4.41. The Morgan fingerprint density at radius 2 is 2.00 bits per heavy atom. The zero-order chi connectivity index (χ0) is 19.3. The van der Waals surface area contributed by atoms with Gasteiger partial charge < -0.3 is 19.9 Å². The number of anilines is 1. The Morgan fingerprint density at radius 3 is 2.62 bits per heavy atom. The molecule has 0 spiro atoms. The molecule has 0 radical (unpaired) electrons. The van der Waals surface area contributed by atoms with Gasteiger partial charge >= 0.3 is 6.61 Å². The predicted molar refractivity (Wildman–Crippen MR) is 97.8 cm³/mol. The van der Waals surface area contributed by atoms with Crippen LogP contribution in [0.1, 0.15) is 23.0 Å². The van der Waals surface area contributed by atoms with Crippen molar-refractivity contribution in [2.45, 2.75) is 30.7 Å². The quantitative estimate of drug-likeness (QED) is 0.467. The van der Waals surface area contributed by atoms with E-state index in [9.17, 15) is 18.7 Å². The van der Waals surface area contributed by atoms with Crippen LogP contribution in [0.15, 0.2) is 30.6 Å². The third-order valence-electron chi connectivity index (χ3n) is 3.10. The van der Waals surface area contributed by atoms with Crippen molar-refractivity contribution in [1.82, 2.24) is 9.97 Å². The van der Waals surface area contributed by atoms with Gasteiger partial charge in [-0.3, -0.25) is 9.78 Å². The van der Waals surface area contributed by atoms with Crippen molar-refractivity contribution in [3.8, 4) is 11.5 Å². The van der Waals surface area contributed by atoms with Crippen LogP contribution in [-0.2, 0) is 4.74 Å². The lowest BCUT2D eigenvalue weighted by Crippen LogP contribution is -2.28. The van der Waals surface area contributed by atoms with Crippen molar-refractivity contribution < 1.29 is 28.2 Å². The second kappa shape index (κ2) is 9.03. The molecule has 1 unspecified atom stereocenters. The molecule has 1 heterocycles. The molecule has 0 saturated heterocycles. The molecular weight excluding hydrogens is 463 g/mol. The maximum atomic E-state index is 12.3. The van der Waals surface area contributed by atoms with Crippen molar-refractivity contribution >= 4 is 34.3 Å². The van der Waals surface area contributed by atoms with Crippen molar-refractivity contribution in [1.29, 1.82) is 0 Å². The Labute approximate surface area is 161 Å². The molecule has 10 heteroatoms. The second-order valence-corrected chi connectivity index (χ2v) is 6.51. The first-order valence-corrected chi connectivity index (χ1v) is 8.67. The Bertz CT molecular complexity index is 762. The van der Waals surface area contributed by atoms with Gasteiger partial charge in [0.2, 0.25) is 0 Å². The number of nitrogens with one attached hydrogen (secondary N) is 1. The van der Waals surface area contributed by atoms with Crippen LogP contribution in [-0.4, -0.2) is 37.8 Å². The van der Waals surface area contributed by atoms with E-state index in [-0.39, 0.29) is 22.9 Å². The number of rotatable bonds is 7. The van der Waals surface area contributed by atoms with Crippen LogP contribution in [0.3, 0.4) is 0 Å². The SMILES string of the molecule is Cc1cnc(NC(=O)c2cc(O)cc(O[C@@H](C)C(I)OC(F)F)c2)cn1. The number of carbonyl (C=O) groups is 1. The maximum absolute atomic E-state index is 12.3.